The van der Waals surface area contributed by atoms with Crippen molar-refractivity contribution in [2.45, 2.75) is 12.8 Å². The zero-order valence-corrected chi connectivity index (χ0v) is 13.7. The van der Waals surface area contributed by atoms with Crippen molar-refractivity contribution in [2.24, 2.45) is 4.99 Å². The maximum atomic E-state index is 11.3. The van der Waals surface area contributed by atoms with Crippen molar-refractivity contribution in [1.82, 2.24) is 0 Å². The summed E-state index contributed by atoms with van der Waals surface area (Å²) in [5, 5.41) is 11.9. The van der Waals surface area contributed by atoms with Crippen molar-refractivity contribution < 1.29 is 4.92 Å². The largest absolute Gasteiger partial charge is 0.386 e. The lowest BCUT2D eigenvalue weighted by Gasteiger charge is -2.29. The quantitative estimate of drug-likeness (QED) is 0.595. The zero-order valence-electron chi connectivity index (χ0n) is 11.3. The summed E-state index contributed by atoms with van der Waals surface area (Å²) < 4.78 is 0.906. The second-order valence-corrected chi connectivity index (χ2v) is 6.22. The van der Waals surface area contributed by atoms with Crippen molar-refractivity contribution in [3.63, 3.8) is 0 Å². The van der Waals surface area contributed by atoms with Gasteiger partial charge in [-0.3, -0.25) is 15.0 Å². The second kappa shape index (κ2) is 6.06. The van der Waals surface area contributed by atoms with E-state index >= 15 is 0 Å². The number of anilines is 1. The zero-order chi connectivity index (χ0) is 15.7. The molecule has 0 saturated carbocycles. The predicted octanol–water partition coefficient (Wildman–Crippen LogP) is 4.10. The molecule has 1 heterocycles. The molecular formula is C15H11BrClN3O2. The summed E-state index contributed by atoms with van der Waals surface area (Å²) in [5.41, 5.74) is 2.57. The van der Waals surface area contributed by atoms with Crippen LogP contribution in [0.2, 0.25) is 5.02 Å². The number of nitrogens with zero attached hydrogens (tertiary/aromatic N) is 3. The minimum atomic E-state index is -1.12. The highest BCUT2D eigenvalue weighted by Gasteiger charge is 2.32. The van der Waals surface area contributed by atoms with E-state index in [4.69, 9.17) is 11.6 Å². The Labute approximate surface area is 140 Å². The van der Waals surface area contributed by atoms with E-state index in [1.807, 2.05) is 30.3 Å². The Morgan fingerprint density at radius 1 is 1.27 bits per heavy atom. The number of nitro groups is 1. The molecule has 0 N–H and O–H groups in total. The third kappa shape index (κ3) is 2.98. The first-order valence-electron chi connectivity index (χ1n) is 6.52. The minimum Gasteiger partial charge on any atom is -0.285 e. The van der Waals surface area contributed by atoms with Crippen LogP contribution in [0.4, 0.5) is 5.69 Å². The van der Waals surface area contributed by atoms with Crippen molar-refractivity contribution in [3.05, 3.63) is 73.2 Å². The first-order chi connectivity index (χ1) is 10.5. The minimum absolute atomic E-state index is 0.384. The highest BCUT2D eigenvalue weighted by atomic mass is 79.9. The summed E-state index contributed by atoms with van der Waals surface area (Å²) >= 11 is 9.28. The van der Waals surface area contributed by atoms with E-state index in [2.05, 4.69) is 20.9 Å². The van der Waals surface area contributed by atoms with Crippen LogP contribution in [0.25, 0.3) is 0 Å². The van der Waals surface area contributed by atoms with Gasteiger partial charge in [-0.1, -0.05) is 39.7 Å². The molecule has 0 saturated heterocycles. The molecule has 7 heteroatoms. The summed E-state index contributed by atoms with van der Waals surface area (Å²) in [7, 11) is 0. The van der Waals surface area contributed by atoms with E-state index in [-0.39, 0.29) is 0 Å². The first-order valence-corrected chi connectivity index (χ1v) is 7.69. The van der Waals surface area contributed by atoms with E-state index in [1.54, 1.807) is 23.2 Å². The van der Waals surface area contributed by atoms with Gasteiger partial charge < -0.3 is 0 Å². The first kappa shape index (κ1) is 15.0. The van der Waals surface area contributed by atoms with Gasteiger partial charge in [-0.25, -0.2) is 0 Å². The lowest BCUT2D eigenvalue weighted by molar-refractivity contribution is -0.520. The average molecular weight is 381 g/mol. The van der Waals surface area contributed by atoms with Crippen LogP contribution < -0.4 is 4.90 Å². The standard InChI is InChI=1S/C15H11BrClN3O2/c16-12-3-6-14-11(7-12)8-18-15(20(21)22)19(14)9-10-1-4-13(17)5-2-10/h1-8,15H,9H2. The second-order valence-electron chi connectivity index (χ2n) is 4.87. The van der Waals surface area contributed by atoms with Crippen LogP contribution in [-0.2, 0) is 6.54 Å². The predicted molar refractivity (Wildman–Crippen MR) is 90.2 cm³/mol. The fourth-order valence-corrected chi connectivity index (χ4v) is 2.87. The molecule has 0 aliphatic carbocycles. The van der Waals surface area contributed by atoms with Gasteiger partial charge in [0.25, 0.3) is 0 Å². The van der Waals surface area contributed by atoms with E-state index in [0.717, 1.165) is 21.3 Å². The normalized spacial score (nSPS) is 16.5. The molecule has 112 valence electrons. The third-order valence-corrected chi connectivity index (χ3v) is 4.12. The molecule has 1 aliphatic rings. The molecular weight excluding hydrogens is 370 g/mol. The van der Waals surface area contributed by atoms with Crippen LogP contribution in [0, 0.1) is 10.1 Å². The van der Waals surface area contributed by atoms with E-state index in [1.165, 1.54) is 0 Å². The van der Waals surface area contributed by atoms with Gasteiger partial charge in [-0.2, -0.15) is 4.99 Å². The number of hydrogen-bond acceptors (Lipinski definition) is 4. The SMILES string of the molecule is O=[N+]([O-])C1N=Cc2cc(Br)ccc2N1Cc1ccc(Cl)cc1. The number of aliphatic imine (C=N–C) groups is 1. The van der Waals surface area contributed by atoms with Gasteiger partial charge in [0, 0.05) is 21.3 Å². The number of halogens is 2. The molecule has 1 atom stereocenters. The summed E-state index contributed by atoms with van der Waals surface area (Å²) in [5.74, 6) is 0. The monoisotopic (exact) mass is 379 g/mol. The van der Waals surface area contributed by atoms with Gasteiger partial charge in [-0.05, 0) is 35.9 Å². The molecule has 5 nitrogen and oxygen atoms in total. The molecule has 2 aromatic rings. The van der Waals surface area contributed by atoms with Gasteiger partial charge in [0.2, 0.25) is 0 Å². The van der Waals surface area contributed by atoms with Crippen LogP contribution in [0.5, 0.6) is 0 Å². The van der Waals surface area contributed by atoms with Crippen molar-refractivity contribution in [2.75, 3.05) is 4.90 Å². The summed E-state index contributed by atoms with van der Waals surface area (Å²) in [6.45, 7) is 0.384. The molecule has 0 spiro atoms. The van der Waals surface area contributed by atoms with Gasteiger partial charge in [0.1, 0.15) is 0 Å². The molecule has 2 aromatic carbocycles. The highest BCUT2D eigenvalue weighted by molar-refractivity contribution is 9.10. The molecule has 0 amide bonds. The Balaban J connectivity index is 1.99. The van der Waals surface area contributed by atoms with E-state index < -0.39 is 11.2 Å². The highest BCUT2D eigenvalue weighted by Crippen LogP contribution is 2.30. The fourth-order valence-electron chi connectivity index (χ4n) is 2.36. The molecule has 1 unspecified atom stereocenters. The molecule has 0 radical (unpaired) electrons. The number of hydrogen-bond donors (Lipinski definition) is 0. The van der Waals surface area contributed by atoms with Crippen LogP contribution in [0.15, 0.2) is 51.9 Å². The Morgan fingerprint density at radius 2 is 2.00 bits per heavy atom. The smallest absolute Gasteiger partial charge is 0.285 e. The van der Waals surface area contributed by atoms with Gasteiger partial charge in [0.05, 0.1) is 17.2 Å². The lowest BCUT2D eigenvalue weighted by atomic mass is 10.1. The summed E-state index contributed by atoms with van der Waals surface area (Å²) in [6.07, 6.45) is 0.427. The third-order valence-electron chi connectivity index (χ3n) is 3.38. The summed E-state index contributed by atoms with van der Waals surface area (Å²) in [4.78, 5) is 16.6. The Bertz CT molecular complexity index is 749. The van der Waals surface area contributed by atoms with E-state index in [9.17, 15) is 10.1 Å². The fraction of sp³-hybridized carbons (Fsp3) is 0.133. The van der Waals surface area contributed by atoms with E-state index in [0.29, 0.717) is 11.6 Å². The Kier molecular flexibility index (Phi) is 4.13. The van der Waals surface area contributed by atoms with Crippen LogP contribution in [0.1, 0.15) is 11.1 Å². The molecule has 22 heavy (non-hydrogen) atoms. The average Bonchev–Trinajstić information content (AvgIpc) is 2.49. The maximum absolute atomic E-state index is 11.3. The van der Waals surface area contributed by atoms with Gasteiger partial charge >= 0.3 is 6.29 Å². The topological polar surface area (TPSA) is 58.7 Å². The van der Waals surface area contributed by atoms with Crippen LogP contribution in [-0.4, -0.2) is 17.4 Å². The lowest BCUT2D eigenvalue weighted by Crippen LogP contribution is -2.41. The van der Waals surface area contributed by atoms with Gasteiger partial charge in [-0.15, -0.1) is 0 Å². The molecule has 1 aliphatic heterocycles. The van der Waals surface area contributed by atoms with Crippen molar-refractivity contribution in [3.8, 4) is 0 Å². The number of benzene rings is 2. The van der Waals surface area contributed by atoms with Crippen LogP contribution in [0.3, 0.4) is 0 Å². The van der Waals surface area contributed by atoms with Crippen molar-refractivity contribution >= 4 is 39.4 Å². The Morgan fingerprint density at radius 3 is 2.68 bits per heavy atom. The van der Waals surface area contributed by atoms with Crippen LogP contribution >= 0.6 is 27.5 Å². The Hall–Kier alpha value is -1.92. The van der Waals surface area contributed by atoms with Crippen molar-refractivity contribution in [1.29, 1.82) is 0 Å². The molecule has 0 fully saturated rings. The molecule has 0 bridgehead atoms. The summed E-state index contributed by atoms with van der Waals surface area (Å²) in [6, 6.07) is 12.9. The number of fused-ring (bicyclic) bond motifs is 1. The maximum Gasteiger partial charge on any atom is 0.386 e. The van der Waals surface area contributed by atoms with Gasteiger partial charge in [0.15, 0.2) is 0 Å². The molecule has 3 rings (SSSR count). The number of rotatable bonds is 3. The molecule has 0 aromatic heterocycles.